The summed E-state index contributed by atoms with van der Waals surface area (Å²) in [6, 6.07) is 0.369. The van der Waals surface area contributed by atoms with Gasteiger partial charge in [0.15, 0.2) is 0 Å². The molecule has 1 fully saturated rings. The van der Waals surface area contributed by atoms with E-state index in [0.29, 0.717) is 12.5 Å². The third-order valence-corrected chi connectivity index (χ3v) is 3.88. The molecule has 1 aliphatic rings. The van der Waals surface area contributed by atoms with E-state index in [4.69, 9.17) is 0 Å². The first kappa shape index (κ1) is 13.6. The molecule has 0 radical (unpaired) electrons. The summed E-state index contributed by atoms with van der Waals surface area (Å²) in [6.07, 6.45) is 4.53. The summed E-state index contributed by atoms with van der Waals surface area (Å²) in [5.41, 5.74) is 0. The predicted octanol–water partition coefficient (Wildman–Crippen LogP) is 1.51. The molecular weight excluding hydrogens is 220 g/mol. The van der Waals surface area contributed by atoms with Crippen LogP contribution in [-0.4, -0.2) is 48.5 Å². The topological polar surface area (TPSA) is 32.3 Å². The van der Waals surface area contributed by atoms with Gasteiger partial charge in [0.1, 0.15) is 0 Å². The van der Waals surface area contributed by atoms with E-state index < -0.39 is 0 Å². The minimum Gasteiger partial charge on any atom is -0.346 e. The zero-order valence-corrected chi connectivity index (χ0v) is 10.9. The lowest BCUT2D eigenvalue weighted by Gasteiger charge is -2.25. The highest BCUT2D eigenvalue weighted by Gasteiger charge is 2.18. The Balaban J connectivity index is 2.19. The number of rotatable bonds is 6. The summed E-state index contributed by atoms with van der Waals surface area (Å²) >= 11 is 1.93. The second kappa shape index (κ2) is 7.74. The quantitative estimate of drug-likeness (QED) is 0.566. The van der Waals surface area contributed by atoms with Gasteiger partial charge in [0, 0.05) is 44.1 Å². The maximum atomic E-state index is 11.9. The summed E-state index contributed by atoms with van der Waals surface area (Å²) in [5.74, 6) is 2.48. The van der Waals surface area contributed by atoms with E-state index in [2.05, 4.69) is 11.9 Å². The molecule has 0 saturated carbocycles. The molecule has 0 aromatic rings. The van der Waals surface area contributed by atoms with Crippen LogP contribution in [0.1, 0.15) is 19.3 Å². The molecule has 0 aromatic heterocycles. The van der Waals surface area contributed by atoms with E-state index in [1.165, 1.54) is 5.75 Å². The summed E-state index contributed by atoms with van der Waals surface area (Å²) in [5, 5.41) is 3.39. The van der Waals surface area contributed by atoms with Crippen LogP contribution in [0.5, 0.6) is 0 Å². The fourth-order valence-electron chi connectivity index (χ4n) is 1.71. The lowest BCUT2D eigenvalue weighted by molar-refractivity contribution is -0.130. The molecule has 0 aliphatic carbocycles. The van der Waals surface area contributed by atoms with Gasteiger partial charge in [-0.05, 0) is 12.8 Å². The molecule has 0 bridgehead atoms. The van der Waals surface area contributed by atoms with Gasteiger partial charge in [0.25, 0.3) is 0 Å². The van der Waals surface area contributed by atoms with Crippen molar-refractivity contribution < 1.29 is 4.79 Å². The number of hydrogen-bond donors (Lipinski definition) is 1. The van der Waals surface area contributed by atoms with Gasteiger partial charge in [-0.2, -0.15) is 11.8 Å². The highest BCUT2D eigenvalue weighted by molar-refractivity contribution is 7.99. The number of amides is 1. The van der Waals surface area contributed by atoms with Crippen molar-refractivity contribution in [1.82, 2.24) is 10.2 Å². The monoisotopic (exact) mass is 242 g/mol. The summed E-state index contributed by atoms with van der Waals surface area (Å²) < 4.78 is 0. The Morgan fingerprint density at radius 2 is 2.50 bits per heavy atom. The van der Waals surface area contributed by atoms with Gasteiger partial charge in [0.05, 0.1) is 0 Å². The number of thioether (sulfide) groups is 1. The van der Waals surface area contributed by atoms with Crippen LogP contribution in [0.4, 0.5) is 0 Å². The number of carbonyl (C=O) groups is 1. The number of nitrogens with one attached hydrogen (secondary N) is 1. The Bertz CT molecular complexity index is 227. The largest absolute Gasteiger partial charge is 0.346 e. The average Bonchev–Trinajstić information content (AvgIpc) is 2.30. The third kappa shape index (κ3) is 5.03. The zero-order chi connectivity index (χ0) is 11.8. The SMILES string of the molecule is C=CCCCN(C)C(=O)CC1CSCCN1. The molecule has 3 nitrogen and oxygen atoms in total. The standard InChI is InChI=1S/C12H22N2OS/c1-3-4-5-7-14(2)12(15)9-11-10-16-8-6-13-11/h3,11,13H,1,4-10H2,2H3. The molecule has 1 N–H and O–H groups in total. The second-order valence-corrected chi connectivity index (χ2v) is 5.33. The van der Waals surface area contributed by atoms with Gasteiger partial charge in [0.2, 0.25) is 5.91 Å². The Labute approximate surface area is 103 Å². The molecule has 1 amide bonds. The summed E-state index contributed by atoms with van der Waals surface area (Å²) in [6.45, 7) is 5.55. The van der Waals surface area contributed by atoms with Crippen LogP contribution >= 0.6 is 11.8 Å². The lowest BCUT2D eigenvalue weighted by atomic mass is 10.2. The maximum Gasteiger partial charge on any atom is 0.223 e. The van der Waals surface area contributed by atoms with Crippen molar-refractivity contribution in [1.29, 1.82) is 0 Å². The van der Waals surface area contributed by atoms with E-state index in [9.17, 15) is 4.79 Å². The van der Waals surface area contributed by atoms with E-state index in [-0.39, 0.29) is 5.91 Å². The van der Waals surface area contributed by atoms with Gasteiger partial charge in [-0.1, -0.05) is 6.08 Å². The van der Waals surface area contributed by atoms with Crippen molar-refractivity contribution in [2.45, 2.75) is 25.3 Å². The van der Waals surface area contributed by atoms with Crippen LogP contribution in [0.15, 0.2) is 12.7 Å². The molecular formula is C12H22N2OS. The zero-order valence-electron chi connectivity index (χ0n) is 10.1. The highest BCUT2D eigenvalue weighted by Crippen LogP contribution is 2.11. The molecule has 16 heavy (non-hydrogen) atoms. The molecule has 0 spiro atoms. The van der Waals surface area contributed by atoms with E-state index in [1.807, 2.05) is 29.8 Å². The molecule has 92 valence electrons. The van der Waals surface area contributed by atoms with Crippen LogP contribution in [0.2, 0.25) is 0 Å². The van der Waals surface area contributed by atoms with Crippen LogP contribution in [-0.2, 0) is 4.79 Å². The van der Waals surface area contributed by atoms with E-state index in [1.54, 1.807) is 0 Å². The molecule has 1 atom stereocenters. The van der Waals surface area contributed by atoms with Gasteiger partial charge < -0.3 is 10.2 Å². The predicted molar refractivity (Wildman–Crippen MR) is 70.8 cm³/mol. The van der Waals surface area contributed by atoms with Crippen molar-refractivity contribution in [3.05, 3.63) is 12.7 Å². The van der Waals surface area contributed by atoms with Crippen molar-refractivity contribution in [2.24, 2.45) is 0 Å². The van der Waals surface area contributed by atoms with Crippen LogP contribution in [0, 0.1) is 0 Å². The summed E-state index contributed by atoms with van der Waals surface area (Å²) in [7, 11) is 1.89. The first-order valence-corrected chi connectivity index (χ1v) is 7.05. The molecule has 1 unspecified atom stereocenters. The van der Waals surface area contributed by atoms with Crippen LogP contribution in [0.25, 0.3) is 0 Å². The second-order valence-electron chi connectivity index (χ2n) is 4.18. The normalized spacial score (nSPS) is 20.4. The maximum absolute atomic E-state index is 11.9. The fraction of sp³-hybridized carbons (Fsp3) is 0.750. The van der Waals surface area contributed by atoms with Crippen molar-refractivity contribution in [3.8, 4) is 0 Å². The third-order valence-electron chi connectivity index (χ3n) is 2.75. The molecule has 1 rings (SSSR count). The Kier molecular flexibility index (Phi) is 6.57. The minimum absolute atomic E-state index is 0.254. The number of hydrogen-bond acceptors (Lipinski definition) is 3. The van der Waals surface area contributed by atoms with Crippen LogP contribution in [0.3, 0.4) is 0 Å². The van der Waals surface area contributed by atoms with E-state index >= 15 is 0 Å². The number of nitrogens with zero attached hydrogens (tertiary/aromatic N) is 1. The Morgan fingerprint density at radius 1 is 1.69 bits per heavy atom. The average molecular weight is 242 g/mol. The smallest absolute Gasteiger partial charge is 0.223 e. The molecule has 0 aromatic carbocycles. The first-order chi connectivity index (χ1) is 7.74. The molecule has 1 saturated heterocycles. The highest BCUT2D eigenvalue weighted by atomic mass is 32.2. The van der Waals surface area contributed by atoms with Gasteiger partial charge >= 0.3 is 0 Å². The summed E-state index contributed by atoms with van der Waals surface area (Å²) in [4.78, 5) is 13.7. The molecule has 1 aliphatic heterocycles. The lowest BCUT2D eigenvalue weighted by Crippen LogP contribution is -2.41. The number of carbonyl (C=O) groups excluding carboxylic acids is 1. The first-order valence-electron chi connectivity index (χ1n) is 5.90. The molecule has 1 heterocycles. The van der Waals surface area contributed by atoms with Crippen molar-refractivity contribution >= 4 is 17.7 Å². The molecule has 4 heteroatoms. The fourth-order valence-corrected chi connectivity index (χ4v) is 2.66. The van der Waals surface area contributed by atoms with E-state index in [0.717, 1.165) is 31.7 Å². The Morgan fingerprint density at radius 3 is 3.12 bits per heavy atom. The van der Waals surface area contributed by atoms with Gasteiger partial charge in [-0.3, -0.25) is 4.79 Å². The van der Waals surface area contributed by atoms with Crippen molar-refractivity contribution in [3.63, 3.8) is 0 Å². The van der Waals surface area contributed by atoms with Gasteiger partial charge in [-0.15, -0.1) is 6.58 Å². The number of unbranched alkanes of at least 4 members (excludes halogenated alkanes) is 1. The van der Waals surface area contributed by atoms with Crippen molar-refractivity contribution in [2.75, 3.05) is 31.6 Å². The minimum atomic E-state index is 0.254. The van der Waals surface area contributed by atoms with Crippen LogP contribution < -0.4 is 5.32 Å². The number of allylic oxidation sites excluding steroid dienone is 1. The Hall–Kier alpha value is -0.480. The van der Waals surface area contributed by atoms with Gasteiger partial charge in [-0.25, -0.2) is 0 Å².